The van der Waals surface area contributed by atoms with Crippen molar-refractivity contribution in [2.24, 2.45) is 0 Å². The molecule has 0 aliphatic rings. The molecular weight excluding hydrogens is 229 g/mol. The lowest BCUT2D eigenvalue weighted by atomic mass is 10.2. The molecule has 1 rings (SSSR count). The second kappa shape index (κ2) is 5.83. The summed E-state index contributed by atoms with van der Waals surface area (Å²) in [5.74, 6) is -2.24. The van der Waals surface area contributed by atoms with Crippen LogP contribution in [0.25, 0.3) is 0 Å². The van der Waals surface area contributed by atoms with Crippen LogP contribution in [-0.2, 0) is 16.1 Å². The molecule has 0 aromatic heterocycles. The van der Waals surface area contributed by atoms with Crippen LogP contribution >= 0.6 is 0 Å². The summed E-state index contributed by atoms with van der Waals surface area (Å²) in [7, 11) is 1.35. The highest BCUT2D eigenvalue weighted by Crippen LogP contribution is 2.17. The number of carboxylic acid groups (broad SMARTS) is 1. The largest absolute Gasteiger partial charge is 0.494 e. The molecule has 1 aromatic carbocycles. The number of ether oxygens (including phenoxy) is 1. The van der Waals surface area contributed by atoms with Crippen LogP contribution in [0.15, 0.2) is 18.2 Å². The zero-order valence-corrected chi connectivity index (χ0v) is 9.20. The van der Waals surface area contributed by atoms with E-state index in [-0.39, 0.29) is 12.3 Å². The summed E-state index contributed by atoms with van der Waals surface area (Å²) in [6.07, 6.45) is -0.599. The monoisotopic (exact) mass is 241 g/mol. The number of carbonyl (C=O) groups excluding carboxylic acids is 1. The molecule has 2 N–H and O–H groups in total. The zero-order valence-electron chi connectivity index (χ0n) is 9.20. The highest BCUT2D eigenvalue weighted by Gasteiger charge is 2.08. The van der Waals surface area contributed by atoms with Crippen LogP contribution < -0.4 is 10.1 Å². The van der Waals surface area contributed by atoms with Gasteiger partial charge in [-0.1, -0.05) is 6.07 Å². The SMILES string of the molecule is COc1ccc(CNC(=O)CC(=O)O)cc1F. The number of benzene rings is 1. The van der Waals surface area contributed by atoms with Gasteiger partial charge in [0.25, 0.3) is 0 Å². The number of halogens is 1. The molecule has 0 atom stereocenters. The molecule has 0 unspecified atom stereocenters. The molecule has 17 heavy (non-hydrogen) atoms. The maximum atomic E-state index is 13.3. The van der Waals surface area contributed by atoms with Gasteiger partial charge in [0.05, 0.1) is 7.11 Å². The van der Waals surface area contributed by atoms with Crippen molar-refractivity contribution >= 4 is 11.9 Å². The molecule has 0 saturated heterocycles. The van der Waals surface area contributed by atoms with Gasteiger partial charge >= 0.3 is 5.97 Å². The van der Waals surface area contributed by atoms with Gasteiger partial charge in [-0.15, -0.1) is 0 Å². The van der Waals surface area contributed by atoms with Crippen molar-refractivity contribution in [1.29, 1.82) is 0 Å². The minimum atomic E-state index is -1.21. The molecule has 0 aliphatic heterocycles. The minimum absolute atomic E-state index is 0.0764. The topological polar surface area (TPSA) is 75.6 Å². The third-order valence-electron chi connectivity index (χ3n) is 2.02. The van der Waals surface area contributed by atoms with E-state index in [2.05, 4.69) is 5.32 Å². The van der Waals surface area contributed by atoms with Gasteiger partial charge in [0.2, 0.25) is 5.91 Å². The van der Waals surface area contributed by atoms with E-state index in [1.807, 2.05) is 0 Å². The number of hydrogen-bond donors (Lipinski definition) is 2. The summed E-state index contributed by atoms with van der Waals surface area (Å²) in [5.41, 5.74) is 0.530. The van der Waals surface area contributed by atoms with Crippen molar-refractivity contribution in [2.75, 3.05) is 7.11 Å². The van der Waals surface area contributed by atoms with Crippen molar-refractivity contribution in [2.45, 2.75) is 13.0 Å². The van der Waals surface area contributed by atoms with Crippen LogP contribution in [0.1, 0.15) is 12.0 Å². The summed E-state index contributed by atoms with van der Waals surface area (Å²) in [5, 5.41) is 10.7. The molecule has 0 spiro atoms. The van der Waals surface area contributed by atoms with Gasteiger partial charge in [-0.25, -0.2) is 4.39 Å². The molecule has 0 bridgehead atoms. The first-order valence-corrected chi connectivity index (χ1v) is 4.84. The Morgan fingerprint density at radius 3 is 2.71 bits per heavy atom. The van der Waals surface area contributed by atoms with E-state index < -0.39 is 24.1 Å². The second-order valence-corrected chi connectivity index (χ2v) is 3.32. The van der Waals surface area contributed by atoms with Gasteiger partial charge in [0, 0.05) is 6.54 Å². The van der Waals surface area contributed by atoms with E-state index in [0.717, 1.165) is 0 Å². The Morgan fingerprint density at radius 2 is 2.18 bits per heavy atom. The highest BCUT2D eigenvalue weighted by molar-refractivity contribution is 5.93. The van der Waals surface area contributed by atoms with Crippen LogP contribution in [0.5, 0.6) is 5.75 Å². The second-order valence-electron chi connectivity index (χ2n) is 3.32. The van der Waals surface area contributed by atoms with Crippen molar-refractivity contribution < 1.29 is 23.8 Å². The number of rotatable bonds is 5. The summed E-state index contributed by atoms with van der Waals surface area (Å²) in [6.45, 7) is 0.0764. The molecule has 5 nitrogen and oxygen atoms in total. The van der Waals surface area contributed by atoms with E-state index in [0.29, 0.717) is 5.56 Å². The molecule has 6 heteroatoms. The fourth-order valence-corrected chi connectivity index (χ4v) is 1.22. The molecular formula is C11H12FNO4. The molecule has 0 saturated carbocycles. The van der Waals surface area contributed by atoms with Crippen LogP contribution in [0.3, 0.4) is 0 Å². The summed E-state index contributed by atoms with van der Waals surface area (Å²) < 4.78 is 18.0. The normalized spacial score (nSPS) is 9.76. The van der Waals surface area contributed by atoms with Crippen LogP contribution in [0.2, 0.25) is 0 Å². The van der Waals surface area contributed by atoms with Crippen molar-refractivity contribution in [3.05, 3.63) is 29.6 Å². The van der Waals surface area contributed by atoms with Gasteiger partial charge < -0.3 is 15.2 Å². The number of nitrogens with one attached hydrogen (secondary N) is 1. The van der Waals surface area contributed by atoms with E-state index in [9.17, 15) is 14.0 Å². The third kappa shape index (κ3) is 4.10. The van der Waals surface area contributed by atoms with Gasteiger partial charge in [0.15, 0.2) is 11.6 Å². The molecule has 1 amide bonds. The van der Waals surface area contributed by atoms with E-state index in [1.165, 1.54) is 19.2 Å². The Bertz CT molecular complexity index is 433. The lowest BCUT2D eigenvalue weighted by Crippen LogP contribution is -2.25. The molecule has 0 fully saturated rings. The fraction of sp³-hybridized carbons (Fsp3) is 0.273. The number of carbonyl (C=O) groups is 2. The van der Waals surface area contributed by atoms with Crippen LogP contribution in [0, 0.1) is 5.82 Å². The Morgan fingerprint density at radius 1 is 1.47 bits per heavy atom. The summed E-state index contributed by atoms with van der Waals surface area (Å²) in [4.78, 5) is 21.2. The van der Waals surface area contributed by atoms with Gasteiger partial charge in [0.1, 0.15) is 6.42 Å². The fourth-order valence-electron chi connectivity index (χ4n) is 1.22. The Labute approximate surface area is 97.2 Å². The average molecular weight is 241 g/mol. The maximum Gasteiger partial charge on any atom is 0.312 e. The number of methoxy groups -OCH3 is 1. The van der Waals surface area contributed by atoms with Crippen molar-refractivity contribution in [3.8, 4) is 5.75 Å². The smallest absolute Gasteiger partial charge is 0.312 e. The molecule has 0 radical (unpaired) electrons. The predicted octanol–water partition coefficient (Wildman–Crippen LogP) is 0.925. The van der Waals surface area contributed by atoms with Crippen molar-refractivity contribution in [1.82, 2.24) is 5.32 Å². The van der Waals surface area contributed by atoms with Crippen LogP contribution in [0.4, 0.5) is 4.39 Å². The Balaban J connectivity index is 2.55. The molecule has 1 aromatic rings. The minimum Gasteiger partial charge on any atom is -0.494 e. The molecule has 0 heterocycles. The summed E-state index contributed by atoms with van der Waals surface area (Å²) in [6, 6.07) is 4.25. The van der Waals surface area contributed by atoms with E-state index in [1.54, 1.807) is 6.07 Å². The standard InChI is InChI=1S/C11H12FNO4/c1-17-9-3-2-7(4-8(9)12)6-13-10(14)5-11(15)16/h2-4H,5-6H2,1H3,(H,13,14)(H,15,16). The van der Waals surface area contributed by atoms with Crippen molar-refractivity contribution in [3.63, 3.8) is 0 Å². The zero-order chi connectivity index (χ0) is 12.8. The van der Waals surface area contributed by atoms with Gasteiger partial charge in [-0.2, -0.15) is 0 Å². The molecule has 0 aliphatic carbocycles. The molecule has 92 valence electrons. The Hall–Kier alpha value is -2.11. The average Bonchev–Trinajstić information content (AvgIpc) is 2.25. The van der Waals surface area contributed by atoms with Crippen LogP contribution in [-0.4, -0.2) is 24.1 Å². The maximum absolute atomic E-state index is 13.3. The van der Waals surface area contributed by atoms with Gasteiger partial charge in [-0.05, 0) is 17.7 Å². The summed E-state index contributed by atoms with van der Waals surface area (Å²) >= 11 is 0. The highest BCUT2D eigenvalue weighted by atomic mass is 19.1. The first kappa shape index (κ1) is 13.0. The van der Waals surface area contributed by atoms with E-state index in [4.69, 9.17) is 9.84 Å². The number of aliphatic carboxylic acids is 1. The first-order chi connectivity index (χ1) is 8.02. The van der Waals surface area contributed by atoms with E-state index >= 15 is 0 Å². The number of amides is 1. The number of hydrogen-bond acceptors (Lipinski definition) is 3. The number of carboxylic acids is 1. The lowest BCUT2D eigenvalue weighted by Gasteiger charge is -2.06. The third-order valence-corrected chi connectivity index (χ3v) is 2.02. The lowest BCUT2D eigenvalue weighted by molar-refractivity contribution is -0.140. The quantitative estimate of drug-likeness (QED) is 0.752. The first-order valence-electron chi connectivity index (χ1n) is 4.84. The predicted molar refractivity (Wildman–Crippen MR) is 57.1 cm³/mol. The Kier molecular flexibility index (Phi) is 4.45. The van der Waals surface area contributed by atoms with Gasteiger partial charge in [-0.3, -0.25) is 9.59 Å².